The highest BCUT2D eigenvalue weighted by Gasteiger charge is 2.33. The van der Waals surface area contributed by atoms with Crippen molar-refractivity contribution < 1.29 is 13.2 Å². The lowest BCUT2D eigenvalue weighted by Crippen LogP contribution is -2.08. The van der Waals surface area contributed by atoms with Gasteiger partial charge in [-0.3, -0.25) is 5.10 Å². The molecule has 0 atom stereocenters. The average Bonchev–Trinajstić information content (AvgIpc) is 2.92. The van der Waals surface area contributed by atoms with E-state index in [9.17, 15) is 13.2 Å². The minimum atomic E-state index is -4.54. The number of hydrogen-bond acceptors (Lipinski definition) is 5. The molecular formula is C13H11F3N6. The van der Waals surface area contributed by atoms with Gasteiger partial charge in [-0.05, 0) is 19.1 Å². The maximum Gasteiger partial charge on any atom is 0.433 e. The molecule has 0 saturated heterocycles. The molecule has 0 spiro atoms. The predicted octanol–water partition coefficient (Wildman–Crippen LogP) is 2.87. The molecule has 3 aromatic rings. The third-order valence-electron chi connectivity index (χ3n) is 3.02. The minimum Gasteiger partial charge on any atom is -0.370 e. The van der Waals surface area contributed by atoms with E-state index in [2.05, 4.69) is 30.5 Å². The summed E-state index contributed by atoms with van der Waals surface area (Å²) in [5.74, 6) is 0.538. The summed E-state index contributed by atoms with van der Waals surface area (Å²) >= 11 is 0. The number of nitrogens with one attached hydrogen (secondary N) is 2. The van der Waals surface area contributed by atoms with Crippen LogP contribution in [0.25, 0.3) is 22.3 Å². The monoisotopic (exact) mass is 308 g/mol. The maximum atomic E-state index is 12.8. The van der Waals surface area contributed by atoms with Crippen LogP contribution in [0.3, 0.4) is 0 Å². The van der Waals surface area contributed by atoms with Crippen molar-refractivity contribution in [3.63, 3.8) is 0 Å². The molecule has 0 bridgehead atoms. The lowest BCUT2D eigenvalue weighted by Gasteiger charge is -2.07. The molecule has 0 aliphatic heterocycles. The molecule has 22 heavy (non-hydrogen) atoms. The quantitative estimate of drug-likeness (QED) is 0.778. The Kier molecular flexibility index (Phi) is 3.39. The largest absolute Gasteiger partial charge is 0.433 e. The molecular weight excluding hydrogens is 297 g/mol. The molecule has 3 heterocycles. The van der Waals surface area contributed by atoms with E-state index in [1.165, 1.54) is 0 Å². The highest BCUT2D eigenvalue weighted by molar-refractivity contribution is 5.99. The zero-order valence-corrected chi connectivity index (χ0v) is 11.4. The number of fused-ring (bicyclic) bond motifs is 1. The van der Waals surface area contributed by atoms with Crippen molar-refractivity contribution in [1.29, 1.82) is 0 Å². The summed E-state index contributed by atoms with van der Waals surface area (Å²) in [6.07, 6.45) is -2.07. The van der Waals surface area contributed by atoms with Gasteiger partial charge in [0.1, 0.15) is 23.5 Å². The summed E-state index contributed by atoms with van der Waals surface area (Å²) in [7, 11) is 0. The minimum absolute atomic E-state index is 0.0840. The van der Waals surface area contributed by atoms with E-state index in [0.29, 0.717) is 29.0 Å². The smallest absolute Gasteiger partial charge is 0.370 e. The fraction of sp³-hybridized carbons (Fsp3) is 0.231. The molecule has 3 rings (SSSR count). The van der Waals surface area contributed by atoms with E-state index in [0.717, 1.165) is 12.4 Å². The summed E-state index contributed by atoms with van der Waals surface area (Å²) in [5.41, 5.74) is 0.0309. The van der Waals surface area contributed by atoms with E-state index >= 15 is 0 Å². The van der Waals surface area contributed by atoms with Gasteiger partial charge in [0.25, 0.3) is 0 Å². The van der Waals surface area contributed by atoms with Crippen molar-refractivity contribution in [2.24, 2.45) is 0 Å². The SMILES string of the molecule is CCNc1nccc2[nH]nc(-c3cc(C(F)(F)F)ncn3)c12. The molecule has 0 amide bonds. The number of H-pyrrole nitrogens is 1. The number of anilines is 1. The van der Waals surface area contributed by atoms with Gasteiger partial charge in [0.15, 0.2) is 0 Å². The molecule has 0 aliphatic carbocycles. The van der Waals surface area contributed by atoms with Crippen LogP contribution in [0.15, 0.2) is 24.7 Å². The van der Waals surface area contributed by atoms with Crippen LogP contribution in [0, 0.1) is 0 Å². The number of aromatic nitrogens is 5. The van der Waals surface area contributed by atoms with Crippen molar-refractivity contribution in [1.82, 2.24) is 25.1 Å². The average molecular weight is 308 g/mol. The van der Waals surface area contributed by atoms with E-state index in [1.807, 2.05) is 6.92 Å². The summed E-state index contributed by atoms with van der Waals surface area (Å²) in [6.45, 7) is 2.51. The van der Waals surface area contributed by atoms with Crippen molar-refractivity contribution in [3.05, 3.63) is 30.4 Å². The third-order valence-corrected chi connectivity index (χ3v) is 3.02. The third kappa shape index (κ3) is 2.45. The number of hydrogen-bond donors (Lipinski definition) is 2. The molecule has 6 nitrogen and oxygen atoms in total. The van der Waals surface area contributed by atoms with Crippen LogP contribution in [0.4, 0.5) is 19.0 Å². The lowest BCUT2D eigenvalue weighted by atomic mass is 10.1. The summed E-state index contributed by atoms with van der Waals surface area (Å²) in [4.78, 5) is 11.3. The van der Waals surface area contributed by atoms with Gasteiger partial charge in [0.05, 0.1) is 16.6 Å². The Balaban J connectivity index is 2.18. The van der Waals surface area contributed by atoms with Gasteiger partial charge in [-0.25, -0.2) is 15.0 Å². The van der Waals surface area contributed by atoms with E-state index in [-0.39, 0.29) is 5.69 Å². The molecule has 0 aliphatic rings. The molecule has 2 N–H and O–H groups in total. The van der Waals surface area contributed by atoms with Crippen molar-refractivity contribution in [2.75, 3.05) is 11.9 Å². The summed E-state index contributed by atoms with van der Waals surface area (Å²) < 4.78 is 38.3. The highest BCUT2D eigenvalue weighted by Crippen LogP contribution is 2.33. The molecule has 0 radical (unpaired) electrons. The van der Waals surface area contributed by atoms with Crippen LogP contribution in [0.2, 0.25) is 0 Å². The van der Waals surface area contributed by atoms with Gasteiger partial charge in [0.2, 0.25) is 0 Å². The maximum absolute atomic E-state index is 12.8. The lowest BCUT2D eigenvalue weighted by molar-refractivity contribution is -0.141. The topological polar surface area (TPSA) is 79.4 Å². The fourth-order valence-corrected chi connectivity index (χ4v) is 2.10. The van der Waals surface area contributed by atoms with Crippen molar-refractivity contribution >= 4 is 16.7 Å². The van der Waals surface area contributed by atoms with Crippen LogP contribution < -0.4 is 5.32 Å². The Bertz CT molecular complexity index is 811. The Hall–Kier alpha value is -2.71. The molecule has 3 aromatic heterocycles. The number of halogens is 3. The van der Waals surface area contributed by atoms with Gasteiger partial charge >= 0.3 is 6.18 Å². The Labute approximate surface area is 122 Å². The molecule has 0 saturated carbocycles. The fourth-order valence-electron chi connectivity index (χ4n) is 2.10. The molecule has 0 aromatic carbocycles. The normalized spacial score (nSPS) is 11.8. The predicted molar refractivity (Wildman–Crippen MR) is 74.1 cm³/mol. The second kappa shape index (κ2) is 5.24. The summed E-state index contributed by atoms with van der Waals surface area (Å²) in [6, 6.07) is 2.57. The zero-order valence-electron chi connectivity index (χ0n) is 11.4. The van der Waals surface area contributed by atoms with Gasteiger partial charge < -0.3 is 5.32 Å². The highest BCUT2D eigenvalue weighted by atomic mass is 19.4. The van der Waals surface area contributed by atoms with E-state index in [1.54, 1.807) is 12.3 Å². The van der Waals surface area contributed by atoms with Crippen LogP contribution in [-0.4, -0.2) is 31.7 Å². The summed E-state index contributed by atoms with van der Waals surface area (Å²) in [5, 5.41) is 10.5. The second-order valence-electron chi connectivity index (χ2n) is 4.47. The number of nitrogens with zero attached hydrogens (tertiary/aromatic N) is 4. The van der Waals surface area contributed by atoms with E-state index < -0.39 is 11.9 Å². The van der Waals surface area contributed by atoms with Crippen LogP contribution in [-0.2, 0) is 6.18 Å². The zero-order chi connectivity index (χ0) is 15.7. The van der Waals surface area contributed by atoms with Gasteiger partial charge in [-0.2, -0.15) is 18.3 Å². The second-order valence-corrected chi connectivity index (χ2v) is 4.47. The standard InChI is InChI=1S/C13H11F3N6/c1-2-17-12-10-7(3-4-18-12)21-22-11(10)8-5-9(13(14,15)16)20-6-19-8/h3-6H,2H2,1H3,(H,17,18)(H,21,22). The molecule has 114 valence electrons. The number of rotatable bonds is 3. The van der Waals surface area contributed by atoms with Crippen LogP contribution in [0.1, 0.15) is 12.6 Å². The Morgan fingerprint density at radius 1 is 1.23 bits per heavy atom. The molecule has 9 heteroatoms. The molecule has 0 unspecified atom stereocenters. The van der Waals surface area contributed by atoms with E-state index in [4.69, 9.17) is 0 Å². The Morgan fingerprint density at radius 3 is 2.77 bits per heavy atom. The number of pyridine rings is 1. The van der Waals surface area contributed by atoms with Gasteiger partial charge in [-0.15, -0.1) is 0 Å². The van der Waals surface area contributed by atoms with Gasteiger partial charge in [-0.1, -0.05) is 0 Å². The number of alkyl halides is 3. The molecule has 0 fully saturated rings. The first-order valence-corrected chi connectivity index (χ1v) is 6.47. The first-order valence-electron chi connectivity index (χ1n) is 6.47. The number of aromatic amines is 1. The van der Waals surface area contributed by atoms with Gasteiger partial charge in [0, 0.05) is 12.7 Å². The van der Waals surface area contributed by atoms with Crippen LogP contribution >= 0.6 is 0 Å². The van der Waals surface area contributed by atoms with Crippen molar-refractivity contribution in [3.8, 4) is 11.4 Å². The first kappa shape index (κ1) is 14.2. The van der Waals surface area contributed by atoms with Crippen molar-refractivity contribution in [2.45, 2.75) is 13.1 Å². The Morgan fingerprint density at radius 2 is 2.05 bits per heavy atom. The first-order chi connectivity index (χ1) is 10.5. The van der Waals surface area contributed by atoms with Crippen LogP contribution in [0.5, 0.6) is 0 Å².